The molecule has 0 atom stereocenters. The molecule has 2 nitrogen and oxygen atoms in total. The molecule has 0 aliphatic rings. The summed E-state index contributed by atoms with van der Waals surface area (Å²) in [6.45, 7) is 1.75. The van der Waals surface area contributed by atoms with Crippen LogP contribution in [0.2, 0.25) is 0 Å². The van der Waals surface area contributed by atoms with Crippen molar-refractivity contribution in [1.29, 1.82) is 0 Å². The van der Waals surface area contributed by atoms with E-state index in [4.69, 9.17) is 5.73 Å². The molecule has 0 radical (unpaired) electrons. The van der Waals surface area contributed by atoms with Crippen molar-refractivity contribution in [3.63, 3.8) is 0 Å². The summed E-state index contributed by atoms with van der Waals surface area (Å²) in [6.07, 6.45) is 12.2. The van der Waals surface area contributed by atoms with Crippen molar-refractivity contribution in [1.82, 2.24) is 0 Å². The van der Waals surface area contributed by atoms with E-state index in [2.05, 4.69) is 41.7 Å². The number of pyridine rings is 1. The van der Waals surface area contributed by atoms with Crippen LogP contribution in [0.15, 0.2) is 24.5 Å². The molecule has 104 valence electrons. The molecule has 0 aliphatic heterocycles. The van der Waals surface area contributed by atoms with E-state index in [-0.39, 0.29) is 17.0 Å². The Morgan fingerprint density at radius 2 is 1.50 bits per heavy atom. The third-order valence-electron chi connectivity index (χ3n) is 3.02. The molecule has 0 aromatic carbocycles. The molecule has 1 rings (SSSR count). The number of nitrogens with zero attached hydrogens (tertiary/aromatic N) is 1. The first-order chi connectivity index (χ1) is 8.36. The third kappa shape index (κ3) is 8.11. The lowest BCUT2D eigenvalue weighted by Gasteiger charge is -2.00. The Kier molecular flexibility index (Phi) is 12.0. The van der Waals surface area contributed by atoms with E-state index in [0.717, 1.165) is 12.3 Å². The van der Waals surface area contributed by atoms with Gasteiger partial charge < -0.3 is 22.7 Å². The van der Waals surface area contributed by atoms with Crippen molar-refractivity contribution in [3.05, 3.63) is 30.1 Å². The average molecular weight is 333 g/mol. The summed E-state index contributed by atoms with van der Waals surface area (Å²) in [5.41, 5.74) is 6.77. The van der Waals surface area contributed by atoms with E-state index in [1.807, 2.05) is 0 Å². The Morgan fingerprint density at radius 3 is 2.06 bits per heavy atom. The SMILES string of the molecule is NCc1cc[n+](CCCCCCCCS)cc1.[Br-]. The number of aromatic nitrogens is 1. The van der Waals surface area contributed by atoms with Gasteiger partial charge in [0.05, 0.1) is 0 Å². The molecular formula is C14H25BrN2S. The van der Waals surface area contributed by atoms with Crippen LogP contribution in [0.3, 0.4) is 0 Å². The molecule has 1 aromatic heterocycles. The van der Waals surface area contributed by atoms with Gasteiger partial charge in [-0.1, -0.05) is 19.3 Å². The van der Waals surface area contributed by atoms with Gasteiger partial charge in [0.25, 0.3) is 0 Å². The minimum Gasteiger partial charge on any atom is -1.00 e. The zero-order valence-electron chi connectivity index (χ0n) is 11.0. The standard InChI is InChI=1S/C14H24N2S.BrH/c15-13-14-7-10-16(11-8-14)9-5-3-1-2-4-6-12-17;/h7-8,10-11H,1-6,9,12-13,15H2;1H. The molecule has 0 amide bonds. The maximum atomic E-state index is 5.56. The van der Waals surface area contributed by atoms with Crippen molar-refractivity contribution in [2.24, 2.45) is 5.73 Å². The fourth-order valence-corrected chi connectivity index (χ4v) is 2.11. The first-order valence-corrected chi connectivity index (χ1v) is 7.29. The molecule has 0 aliphatic carbocycles. The number of unbranched alkanes of at least 4 members (excludes halogenated alkanes) is 5. The second kappa shape index (κ2) is 12.0. The maximum absolute atomic E-state index is 5.56. The van der Waals surface area contributed by atoms with Crippen LogP contribution in [0.1, 0.15) is 44.1 Å². The zero-order chi connectivity index (χ0) is 12.3. The van der Waals surface area contributed by atoms with E-state index >= 15 is 0 Å². The number of thiol groups is 1. The highest BCUT2D eigenvalue weighted by Gasteiger charge is 1.99. The van der Waals surface area contributed by atoms with E-state index in [0.29, 0.717) is 6.54 Å². The average Bonchev–Trinajstić information content (AvgIpc) is 2.38. The van der Waals surface area contributed by atoms with Crippen LogP contribution >= 0.6 is 12.6 Å². The molecule has 0 fully saturated rings. The van der Waals surface area contributed by atoms with E-state index in [1.165, 1.54) is 44.1 Å². The van der Waals surface area contributed by atoms with E-state index in [1.54, 1.807) is 0 Å². The van der Waals surface area contributed by atoms with Crippen molar-refractivity contribution >= 4 is 12.6 Å². The lowest BCUT2D eigenvalue weighted by molar-refractivity contribution is -0.697. The molecule has 1 heterocycles. The molecule has 0 saturated carbocycles. The highest BCUT2D eigenvalue weighted by atomic mass is 79.9. The van der Waals surface area contributed by atoms with Gasteiger partial charge in [0.15, 0.2) is 12.4 Å². The summed E-state index contributed by atoms with van der Waals surface area (Å²) in [5, 5.41) is 0. The van der Waals surface area contributed by atoms with Crippen LogP contribution in [0.5, 0.6) is 0 Å². The zero-order valence-corrected chi connectivity index (χ0v) is 13.5. The van der Waals surface area contributed by atoms with Crippen LogP contribution in [0, 0.1) is 0 Å². The highest BCUT2D eigenvalue weighted by molar-refractivity contribution is 7.80. The second-order valence-electron chi connectivity index (χ2n) is 4.49. The van der Waals surface area contributed by atoms with Gasteiger partial charge >= 0.3 is 0 Å². The van der Waals surface area contributed by atoms with Crippen LogP contribution in [0.4, 0.5) is 0 Å². The number of nitrogens with two attached hydrogens (primary N) is 1. The predicted octanol–water partition coefficient (Wildman–Crippen LogP) is -0.293. The summed E-state index contributed by atoms with van der Waals surface area (Å²) >= 11 is 4.22. The Balaban J connectivity index is 0.00000289. The van der Waals surface area contributed by atoms with Crippen molar-refractivity contribution < 1.29 is 21.5 Å². The Labute approximate surface area is 127 Å². The largest absolute Gasteiger partial charge is 1.00 e. The van der Waals surface area contributed by atoms with Crippen LogP contribution in [0.25, 0.3) is 0 Å². The molecule has 2 N–H and O–H groups in total. The normalized spacial score (nSPS) is 10.1. The van der Waals surface area contributed by atoms with Crippen molar-refractivity contribution in [3.8, 4) is 0 Å². The lowest BCUT2D eigenvalue weighted by Crippen LogP contribution is -3.00. The summed E-state index contributed by atoms with van der Waals surface area (Å²) in [6, 6.07) is 4.21. The van der Waals surface area contributed by atoms with E-state index < -0.39 is 0 Å². The number of aryl methyl sites for hydroxylation is 1. The van der Waals surface area contributed by atoms with Crippen molar-refractivity contribution in [2.45, 2.75) is 51.6 Å². The molecule has 0 unspecified atom stereocenters. The quantitative estimate of drug-likeness (QED) is 0.363. The number of rotatable bonds is 9. The summed E-state index contributed by atoms with van der Waals surface area (Å²) in [5.74, 6) is 1.03. The maximum Gasteiger partial charge on any atom is 0.169 e. The van der Waals surface area contributed by atoms with Crippen LogP contribution in [-0.4, -0.2) is 5.75 Å². The second-order valence-corrected chi connectivity index (χ2v) is 4.94. The van der Waals surface area contributed by atoms with Gasteiger partial charge in [-0.3, -0.25) is 0 Å². The van der Waals surface area contributed by atoms with Gasteiger partial charge in [-0.25, -0.2) is 4.57 Å². The fourth-order valence-electron chi connectivity index (χ4n) is 1.89. The van der Waals surface area contributed by atoms with Gasteiger partial charge in [-0.15, -0.1) is 0 Å². The molecule has 0 saturated heterocycles. The molecule has 1 aromatic rings. The first-order valence-electron chi connectivity index (χ1n) is 6.65. The Hall–Kier alpha value is -0.0600. The minimum absolute atomic E-state index is 0. The predicted molar refractivity (Wildman–Crippen MR) is 76.1 cm³/mol. The summed E-state index contributed by atoms with van der Waals surface area (Å²) in [7, 11) is 0. The number of hydrogen-bond acceptors (Lipinski definition) is 2. The summed E-state index contributed by atoms with van der Waals surface area (Å²) in [4.78, 5) is 0. The van der Waals surface area contributed by atoms with Gasteiger partial charge in [-0.2, -0.15) is 12.6 Å². The van der Waals surface area contributed by atoms with E-state index in [9.17, 15) is 0 Å². The van der Waals surface area contributed by atoms with Crippen molar-refractivity contribution in [2.75, 3.05) is 5.75 Å². The monoisotopic (exact) mass is 332 g/mol. The number of halogens is 1. The van der Waals surface area contributed by atoms with Gasteiger partial charge in [0.1, 0.15) is 6.54 Å². The molecule has 0 bridgehead atoms. The third-order valence-corrected chi connectivity index (χ3v) is 3.34. The van der Waals surface area contributed by atoms with Gasteiger partial charge in [0, 0.05) is 25.1 Å². The molecular weight excluding hydrogens is 308 g/mol. The molecule has 18 heavy (non-hydrogen) atoms. The first kappa shape index (κ1) is 17.9. The van der Waals surface area contributed by atoms with Crippen LogP contribution < -0.4 is 27.3 Å². The summed E-state index contributed by atoms with van der Waals surface area (Å²) < 4.78 is 2.24. The minimum atomic E-state index is 0. The van der Waals surface area contributed by atoms with Crippen LogP contribution in [-0.2, 0) is 13.1 Å². The number of hydrogen-bond donors (Lipinski definition) is 2. The van der Waals surface area contributed by atoms with Gasteiger partial charge in [-0.05, 0) is 24.2 Å². The topological polar surface area (TPSA) is 29.9 Å². The lowest BCUT2D eigenvalue weighted by atomic mass is 10.1. The fraction of sp³-hybridized carbons (Fsp3) is 0.643. The Bertz CT molecular complexity index is 290. The van der Waals surface area contributed by atoms with Gasteiger partial charge in [0.2, 0.25) is 0 Å². The highest BCUT2D eigenvalue weighted by Crippen LogP contribution is 2.05. The molecule has 0 spiro atoms. The Morgan fingerprint density at radius 1 is 0.944 bits per heavy atom. The smallest absolute Gasteiger partial charge is 0.169 e. The molecule has 4 heteroatoms.